The Morgan fingerprint density at radius 1 is 1.15 bits per heavy atom. The number of carbonyl (C=O) groups is 1. The molecule has 0 saturated carbocycles. The summed E-state index contributed by atoms with van der Waals surface area (Å²) in [7, 11) is 3.88. The molecule has 0 N–H and O–H groups in total. The summed E-state index contributed by atoms with van der Waals surface area (Å²) in [6.07, 6.45) is 4.93. The summed E-state index contributed by atoms with van der Waals surface area (Å²) in [6, 6.07) is 0. The van der Waals surface area contributed by atoms with Gasteiger partial charge in [0.25, 0.3) is 0 Å². The van der Waals surface area contributed by atoms with Crippen LogP contribution in [0.25, 0.3) is 0 Å². The third kappa shape index (κ3) is 3.77. The van der Waals surface area contributed by atoms with Crippen molar-refractivity contribution in [2.45, 2.75) is 25.7 Å². The topological polar surface area (TPSA) is 23.6 Å². The highest BCUT2D eigenvalue weighted by Gasteiger charge is 2.15. The van der Waals surface area contributed by atoms with Crippen LogP contribution in [0, 0.1) is 0 Å². The van der Waals surface area contributed by atoms with E-state index in [4.69, 9.17) is 0 Å². The zero-order valence-electron chi connectivity index (χ0n) is 8.75. The molecule has 0 bridgehead atoms. The normalized spacial score (nSPS) is 18.8. The van der Waals surface area contributed by atoms with E-state index in [0.29, 0.717) is 6.54 Å². The van der Waals surface area contributed by atoms with Gasteiger partial charge in [0.1, 0.15) is 0 Å². The molecule has 0 aromatic carbocycles. The largest absolute Gasteiger partial charge is 0.342 e. The van der Waals surface area contributed by atoms with Gasteiger partial charge in [-0.15, -0.1) is 0 Å². The number of carbonyl (C=O) groups excluding carboxylic acids is 1. The lowest BCUT2D eigenvalue weighted by Crippen LogP contribution is -2.38. The molecule has 0 aliphatic carbocycles. The van der Waals surface area contributed by atoms with Crippen LogP contribution in [0.5, 0.6) is 0 Å². The van der Waals surface area contributed by atoms with Crippen molar-refractivity contribution in [2.24, 2.45) is 0 Å². The van der Waals surface area contributed by atoms with Crippen LogP contribution in [-0.2, 0) is 4.79 Å². The predicted molar refractivity (Wildman–Crippen MR) is 53.6 cm³/mol. The molecule has 1 aliphatic heterocycles. The molecule has 1 rings (SSSR count). The Hall–Kier alpha value is -0.570. The fourth-order valence-electron chi connectivity index (χ4n) is 1.69. The Bertz CT molecular complexity index is 160. The van der Waals surface area contributed by atoms with Crippen LogP contribution in [0.1, 0.15) is 25.7 Å². The van der Waals surface area contributed by atoms with Crippen LogP contribution < -0.4 is 0 Å². The Labute approximate surface area is 80.7 Å². The third-order valence-corrected chi connectivity index (χ3v) is 2.41. The molecule has 13 heavy (non-hydrogen) atoms. The van der Waals surface area contributed by atoms with Gasteiger partial charge in [-0.3, -0.25) is 4.79 Å². The predicted octanol–water partition coefficient (Wildman–Crippen LogP) is 0.951. The van der Waals surface area contributed by atoms with Crippen LogP contribution in [-0.4, -0.2) is 49.4 Å². The molecule has 3 nitrogen and oxygen atoms in total. The minimum absolute atomic E-state index is 0.284. The van der Waals surface area contributed by atoms with E-state index < -0.39 is 0 Å². The maximum atomic E-state index is 11.6. The smallest absolute Gasteiger partial charge is 0.236 e. The van der Waals surface area contributed by atoms with Gasteiger partial charge < -0.3 is 9.80 Å². The second kappa shape index (κ2) is 5.22. The summed E-state index contributed by atoms with van der Waals surface area (Å²) in [6.45, 7) is 2.49. The molecular formula is C10H20N2O. The van der Waals surface area contributed by atoms with Gasteiger partial charge >= 0.3 is 0 Å². The first-order valence-electron chi connectivity index (χ1n) is 5.12. The fourth-order valence-corrected chi connectivity index (χ4v) is 1.69. The number of likely N-dealkylation sites (tertiary alicyclic amines) is 1. The average molecular weight is 184 g/mol. The molecule has 1 heterocycles. The van der Waals surface area contributed by atoms with E-state index in [1.807, 2.05) is 23.9 Å². The average Bonchev–Trinajstić information content (AvgIpc) is 2.29. The first-order chi connectivity index (χ1) is 6.20. The highest BCUT2D eigenvalue weighted by atomic mass is 16.2. The number of hydrogen-bond acceptors (Lipinski definition) is 2. The minimum Gasteiger partial charge on any atom is -0.342 e. The van der Waals surface area contributed by atoms with Crippen molar-refractivity contribution in [3.8, 4) is 0 Å². The van der Waals surface area contributed by atoms with Gasteiger partial charge in [-0.2, -0.15) is 0 Å². The second-order valence-electron chi connectivity index (χ2n) is 4.03. The van der Waals surface area contributed by atoms with E-state index in [1.165, 1.54) is 25.7 Å². The van der Waals surface area contributed by atoms with Crippen molar-refractivity contribution in [2.75, 3.05) is 33.7 Å². The molecule has 1 aliphatic rings. The number of hydrogen-bond donors (Lipinski definition) is 0. The Kier molecular flexibility index (Phi) is 4.22. The molecule has 1 amide bonds. The molecule has 0 spiro atoms. The summed E-state index contributed by atoms with van der Waals surface area (Å²) >= 11 is 0. The van der Waals surface area contributed by atoms with Crippen LogP contribution in [0.15, 0.2) is 0 Å². The van der Waals surface area contributed by atoms with Gasteiger partial charge in [0.2, 0.25) is 5.91 Å². The Morgan fingerprint density at radius 3 is 2.15 bits per heavy atom. The van der Waals surface area contributed by atoms with E-state index in [0.717, 1.165) is 13.1 Å². The second-order valence-corrected chi connectivity index (χ2v) is 4.03. The van der Waals surface area contributed by atoms with Crippen molar-refractivity contribution in [1.82, 2.24) is 9.80 Å². The Morgan fingerprint density at radius 2 is 1.69 bits per heavy atom. The van der Waals surface area contributed by atoms with Crippen LogP contribution >= 0.6 is 0 Å². The molecule has 0 unspecified atom stereocenters. The maximum absolute atomic E-state index is 11.6. The first-order valence-corrected chi connectivity index (χ1v) is 5.12. The van der Waals surface area contributed by atoms with Crippen molar-refractivity contribution in [3.63, 3.8) is 0 Å². The lowest BCUT2D eigenvalue weighted by molar-refractivity contribution is -0.131. The summed E-state index contributed by atoms with van der Waals surface area (Å²) in [5.41, 5.74) is 0. The van der Waals surface area contributed by atoms with Crippen molar-refractivity contribution >= 4 is 5.91 Å². The van der Waals surface area contributed by atoms with E-state index in [-0.39, 0.29) is 5.91 Å². The molecule has 0 radical (unpaired) electrons. The number of nitrogens with zero attached hydrogens (tertiary/aromatic N) is 2. The van der Waals surface area contributed by atoms with Gasteiger partial charge in [0.15, 0.2) is 0 Å². The molecule has 76 valence electrons. The van der Waals surface area contributed by atoms with Crippen molar-refractivity contribution in [3.05, 3.63) is 0 Å². The number of rotatable bonds is 2. The van der Waals surface area contributed by atoms with E-state index in [1.54, 1.807) is 0 Å². The van der Waals surface area contributed by atoms with E-state index >= 15 is 0 Å². The SMILES string of the molecule is CN(C)CC(=O)N1CCCCCC1. The molecule has 0 aromatic rings. The van der Waals surface area contributed by atoms with Crippen LogP contribution in [0.2, 0.25) is 0 Å². The zero-order valence-corrected chi connectivity index (χ0v) is 8.75. The van der Waals surface area contributed by atoms with Gasteiger partial charge in [0.05, 0.1) is 6.54 Å². The van der Waals surface area contributed by atoms with Crippen LogP contribution in [0.3, 0.4) is 0 Å². The third-order valence-electron chi connectivity index (χ3n) is 2.41. The molecule has 1 saturated heterocycles. The van der Waals surface area contributed by atoms with Crippen molar-refractivity contribution in [1.29, 1.82) is 0 Å². The molecular weight excluding hydrogens is 164 g/mol. The lowest BCUT2D eigenvalue weighted by Gasteiger charge is -2.22. The standard InChI is InChI=1S/C10H20N2O/c1-11(2)9-10(13)12-7-5-3-4-6-8-12/h3-9H2,1-2H3. The zero-order chi connectivity index (χ0) is 9.68. The van der Waals surface area contributed by atoms with E-state index in [9.17, 15) is 4.79 Å². The molecule has 1 fully saturated rings. The first kappa shape index (κ1) is 10.5. The van der Waals surface area contributed by atoms with Gasteiger partial charge in [0, 0.05) is 13.1 Å². The lowest BCUT2D eigenvalue weighted by atomic mass is 10.2. The maximum Gasteiger partial charge on any atom is 0.236 e. The number of amides is 1. The molecule has 0 atom stereocenters. The van der Waals surface area contributed by atoms with Gasteiger partial charge in [-0.25, -0.2) is 0 Å². The Balaban J connectivity index is 2.35. The van der Waals surface area contributed by atoms with Crippen molar-refractivity contribution < 1.29 is 4.79 Å². The summed E-state index contributed by atoms with van der Waals surface area (Å²) in [5, 5.41) is 0. The quantitative estimate of drug-likeness (QED) is 0.638. The summed E-state index contributed by atoms with van der Waals surface area (Å²) in [4.78, 5) is 15.6. The monoisotopic (exact) mass is 184 g/mol. The number of likely N-dealkylation sites (N-methyl/N-ethyl adjacent to an activating group) is 1. The highest BCUT2D eigenvalue weighted by molar-refractivity contribution is 5.78. The fraction of sp³-hybridized carbons (Fsp3) is 0.900. The summed E-state index contributed by atoms with van der Waals surface area (Å²) < 4.78 is 0. The molecule has 3 heteroatoms. The summed E-state index contributed by atoms with van der Waals surface area (Å²) in [5.74, 6) is 0.284. The minimum atomic E-state index is 0.284. The van der Waals surface area contributed by atoms with Gasteiger partial charge in [-0.1, -0.05) is 12.8 Å². The van der Waals surface area contributed by atoms with Gasteiger partial charge in [-0.05, 0) is 26.9 Å². The highest BCUT2D eigenvalue weighted by Crippen LogP contribution is 2.09. The molecule has 0 aromatic heterocycles. The van der Waals surface area contributed by atoms with Crippen LogP contribution in [0.4, 0.5) is 0 Å². The van der Waals surface area contributed by atoms with E-state index in [2.05, 4.69) is 0 Å².